The Morgan fingerprint density at radius 2 is 1.74 bits per heavy atom. The number of hydrogen-bond donors (Lipinski definition) is 1. The van der Waals surface area contributed by atoms with Crippen LogP contribution < -0.4 is 5.32 Å². The minimum Gasteiger partial charge on any atom is -0.469 e. The number of carbonyl (C=O) groups is 2. The van der Waals surface area contributed by atoms with Crippen LogP contribution in [0.3, 0.4) is 0 Å². The highest BCUT2D eigenvalue weighted by molar-refractivity contribution is 5.75. The second-order valence-electron chi connectivity index (χ2n) is 8.23. The van der Waals surface area contributed by atoms with Crippen molar-refractivity contribution in [3.8, 4) is 0 Å². The molecule has 0 aromatic carbocycles. The third kappa shape index (κ3) is 12.4. The summed E-state index contributed by atoms with van der Waals surface area (Å²) in [6.45, 7) is 13.4. The monoisotopic (exact) mass is 472 g/mol. The number of esters is 2. The van der Waals surface area contributed by atoms with Gasteiger partial charge in [0.15, 0.2) is 0 Å². The molecule has 0 amide bonds. The fourth-order valence-electron chi connectivity index (χ4n) is 3.51. The normalized spacial score (nSPS) is 13.4. The molecule has 34 heavy (non-hydrogen) atoms. The van der Waals surface area contributed by atoms with Crippen molar-refractivity contribution in [2.75, 3.05) is 27.3 Å². The lowest BCUT2D eigenvalue weighted by molar-refractivity contribution is -0.141. The minimum absolute atomic E-state index is 0.232. The number of carbonyl (C=O) groups excluding carboxylic acids is 2. The SMILES string of the molecule is C=C/C=C\CC/C(=C\NCCC(=O)OC)C(C)(C)C(=C\CC)/C(=C/C=NCCC(=O)OC)CC. The molecule has 0 fully saturated rings. The zero-order chi connectivity index (χ0) is 25.8. The number of ether oxygens (including phenoxy) is 2. The molecule has 0 aliphatic carbocycles. The van der Waals surface area contributed by atoms with E-state index in [2.05, 4.69) is 61.5 Å². The van der Waals surface area contributed by atoms with Crippen molar-refractivity contribution < 1.29 is 19.1 Å². The van der Waals surface area contributed by atoms with Gasteiger partial charge in [0.25, 0.3) is 0 Å². The molecule has 6 heteroatoms. The zero-order valence-electron chi connectivity index (χ0n) is 22.0. The van der Waals surface area contributed by atoms with Gasteiger partial charge in [-0.2, -0.15) is 0 Å². The zero-order valence-corrected chi connectivity index (χ0v) is 22.0. The number of nitrogens with zero attached hydrogens (tertiary/aromatic N) is 1. The molecule has 190 valence electrons. The van der Waals surface area contributed by atoms with Gasteiger partial charge in [0.1, 0.15) is 0 Å². The Morgan fingerprint density at radius 1 is 1.06 bits per heavy atom. The molecular formula is C28H44N2O4. The highest BCUT2D eigenvalue weighted by atomic mass is 16.5. The first-order valence-corrected chi connectivity index (χ1v) is 12.0. The van der Waals surface area contributed by atoms with Gasteiger partial charge in [-0.15, -0.1) is 0 Å². The summed E-state index contributed by atoms with van der Waals surface area (Å²) in [5.74, 6) is -0.491. The molecule has 0 atom stereocenters. The second kappa shape index (κ2) is 18.5. The van der Waals surface area contributed by atoms with Gasteiger partial charge in [-0.1, -0.05) is 58.6 Å². The number of hydrogen-bond acceptors (Lipinski definition) is 6. The largest absolute Gasteiger partial charge is 0.469 e. The van der Waals surface area contributed by atoms with E-state index < -0.39 is 0 Å². The number of methoxy groups -OCH3 is 2. The Hall–Kier alpha value is -2.89. The molecule has 0 aliphatic heterocycles. The summed E-state index contributed by atoms with van der Waals surface area (Å²) < 4.78 is 9.40. The molecule has 1 N–H and O–H groups in total. The predicted octanol–water partition coefficient (Wildman–Crippen LogP) is 5.88. The van der Waals surface area contributed by atoms with Crippen molar-refractivity contribution in [2.45, 2.75) is 66.2 Å². The summed E-state index contributed by atoms with van der Waals surface area (Å²) in [5.41, 5.74) is 3.46. The number of allylic oxidation sites excluding steroid dienone is 8. The first-order valence-electron chi connectivity index (χ1n) is 12.0. The van der Waals surface area contributed by atoms with Crippen LogP contribution in [-0.2, 0) is 19.1 Å². The maximum absolute atomic E-state index is 11.5. The van der Waals surface area contributed by atoms with Crippen molar-refractivity contribution >= 4 is 18.2 Å². The topological polar surface area (TPSA) is 77.0 Å². The van der Waals surface area contributed by atoms with Gasteiger partial charge in [-0.05, 0) is 54.7 Å². The van der Waals surface area contributed by atoms with Crippen molar-refractivity contribution in [3.63, 3.8) is 0 Å². The summed E-state index contributed by atoms with van der Waals surface area (Å²) >= 11 is 0. The van der Waals surface area contributed by atoms with Crippen LogP contribution >= 0.6 is 0 Å². The van der Waals surface area contributed by atoms with E-state index in [0.29, 0.717) is 19.5 Å². The third-order valence-electron chi connectivity index (χ3n) is 5.49. The van der Waals surface area contributed by atoms with Gasteiger partial charge in [-0.25, -0.2) is 0 Å². The quantitative estimate of drug-likeness (QED) is 0.124. The van der Waals surface area contributed by atoms with Crippen LogP contribution in [0.1, 0.15) is 66.2 Å². The predicted molar refractivity (Wildman–Crippen MR) is 142 cm³/mol. The van der Waals surface area contributed by atoms with Gasteiger partial charge < -0.3 is 14.8 Å². The van der Waals surface area contributed by atoms with Crippen LogP contribution in [0.25, 0.3) is 0 Å². The van der Waals surface area contributed by atoms with E-state index in [-0.39, 0.29) is 23.8 Å². The number of nitrogens with one attached hydrogen (secondary N) is 1. The molecule has 6 nitrogen and oxygen atoms in total. The van der Waals surface area contributed by atoms with E-state index >= 15 is 0 Å². The molecule has 0 bridgehead atoms. The van der Waals surface area contributed by atoms with Crippen LogP contribution in [0.2, 0.25) is 0 Å². The first-order chi connectivity index (χ1) is 16.3. The summed E-state index contributed by atoms with van der Waals surface area (Å²) in [6, 6.07) is 0. The van der Waals surface area contributed by atoms with E-state index in [0.717, 1.165) is 25.7 Å². The maximum Gasteiger partial charge on any atom is 0.307 e. The summed E-state index contributed by atoms with van der Waals surface area (Å²) in [4.78, 5) is 27.1. The Labute approximate surface area is 206 Å². The lowest BCUT2D eigenvalue weighted by Crippen LogP contribution is -2.23. The molecule has 0 saturated carbocycles. The Kier molecular flexibility index (Phi) is 17.0. The van der Waals surface area contributed by atoms with Crippen molar-refractivity contribution in [3.05, 3.63) is 59.9 Å². The lowest BCUT2D eigenvalue weighted by atomic mass is 9.72. The highest BCUT2D eigenvalue weighted by Gasteiger charge is 2.29. The molecule has 0 aromatic heterocycles. The van der Waals surface area contributed by atoms with Crippen LogP contribution in [0.5, 0.6) is 0 Å². The van der Waals surface area contributed by atoms with Gasteiger partial charge in [0.2, 0.25) is 0 Å². The molecule has 0 radical (unpaired) electrons. The molecule has 0 aliphatic rings. The average molecular weight is 473 g/mol. The van der Waals surface area contributed by atoms with Gasteiger partial charge in [0, 0.05) is 24.7 Å². The summed E-state index contributed by atoms with van der Waals surface area (Å²) in [7, 11) is 2.78. The Balaban J connectivity index is 5.84. The minimum atomic E-state index is -0.260. The third-order valence-corrected chi connectivity index (χ3v) is 5.49. The van der Waals surface area contributed by atoms with Crippen LogP contribution in [0.4, 0.5) is 0 Å². The summed E-state index contributed by atoms with van der Waals surface area (Å²) in [6.07, 6.45) is 18.1. The first kappa shape index (κ1) is 31.1. The van der Waals surface area contributed by atoms with E-state index in [1.807, 2.05) is 18.4 Å². The van der Waals surface area contributed by atoms with Gasteiger partial charge in [0.05, 0.1) is 27.1 Å². The average Bonchev–Trinajstić information content (AvgIpc) is 2.83. The van der Waals surface area contributed by atoms with Crippen LogP contribution in [-0.4, -0.2) is 45.5 Å². The van der Waals surface area contributed by atoms with Crippen molar-refractivity contribution in [1.29, 1.82) is 0 Å². The van der Waals surface area contributed by atoms with E-state index in [1.165, 1.54) is 30.9 Å². The lowest BCUT2D eigenvalue weighted by Gasteiger charge is -2.33. The Morgan fingerprint density at radius 3 is 2.32 bits per heavy atom. The maximum atomic E-state index is 11.5. The van der Waals surface area contributed by atoms with E-state index in [4.69, 9.17) is 4.74 Å². The van der Waals surface area contributed by atoms with Crippen LogP contribution in [0, 0.1) is 5.41 Å². The highest BCUT2D eigenvalue weighted by Crippen LogP contribution is 2.41. The van der Waals surface area contributed by atoms with Gasteiger partial charge in [-0.3, -0.25) is 14.6 Å². The second-order valence-corrected chi connectivity index (χ2v) is 8.23. The van der Waals surface area contributed by atoms with Crippen LogP contribution in [0.15, 0.2) is 64.9 Å². The van der Waals surface area contributed by atoms with Crippen molar-refractivity contribution in [2.24, 2.45) is 10.4 Å². The molecule has 0 aromatic rings. The van der Waals surface area contributed by atoms with Crippen molar-refractivity contribution in [1.82, 2.24) is 5.32 Å². The van der Waals surface area contributed by atoms with E-state index in [1.54, 1.807) is 12.3 Å². The molecule has 0 unspecified atom stereocenters. The smallest absolute Gasteiger partial charge is 0.307 e. The summed E-state index contributed by atoms with van der Waals surface area (Å²) in [5, 5.41) is 3.30. The molecule has 0 heterocycles. The number of rotatable bonds is 17. The fraction of sp³-hybridized carbons (Fsp3) is 0.536. The fourth-order valence-corrected chi connectivity index (χ4v) is 3.51. The molecule has 0 rings (SSSR count). The molecular weight excluding hydrogens is 428 g/mol. The number of aliphatic imine (C=N–C) groups is 1. The van der Waals surface area contributed by atoms with Gasteiger partial charge >= 0.3 is 11.9 Å². The Bertz CT molecular complexity index is 786. The standard InChI is InChI=1S/C28H44N2O4/c1-8-11-12-13-15-24(22-30-21-18-27(32)34-7)28(4,5)25(14-9-2)23(10-3)16-19-29-20-17-26(31)33-6/h8,11-12,14,16,19,22,30H,1,9-10,13,15,17-18,20-21H2,2-7H3/b12-11-,23-16+,24-22+,25-14-,29-19?. The van der Waals surface area contributed by atoms with E-state index in [9.17, 15) is 9.59 Å². The molecule has 0 spiro atoms. The molecule has 0 saturated heterocycles.